The molecule has 0 spiro atoms. The van der Waals surface area contributed by atoms with Gasteiger partial charge in [-0.2, -0.15) is 0 Å². The van der Waals surface area contributed by atoms with Crippen LogP contribution in [-0.2, 0) is 14.3 Å². The summed E-state index contributed by atoms with van der Waals surface area (Å²) in [5, 5.41) is 0. The van der Waals surface area contributed by atoms with Crippen LogP contribution < -0.4 is 0 Å². The largest absolute Gasteiger partial charge is 0.463 e. The van der Waals surface area contributed by atoms with Gasteiger partial charge in [-0.3, -0.25) is 4.79 Å². The average molecular weight is 214 g/mol. The van der Waals surface area contributed by atoms with E-state index in [9.17, 15) is 9.59 Å². The summed E-state index contributed by atoms with van der Waals surface area (Å²) in [6.45, 7) is 8.68. The predicted octanol–water partition coefficient (Wildman–Crippen LogP) is 2.01. The third kappa shape index (κ3) is 7.73. The minimum Gasteiger partial charge on any atom is -0.463 e. The van der Waals surface area contributed by atoms with Crippen molar-refractivity contribution in [1.82, 2.24) is 0 Å². The van der Waals surface area contributed by atoms with Crippen molar-refractivity contribution < 1.29 is 14.3 Å². The van der Waals surface area contributed by atoms with Crippen LogP contribution in [0, 0.1) is 0 Å². The molecule has 0 aliphatic rings. The molecule has 0 heterocycles. The van der Waals surface area contributed by atoms with Gasteiger partial charge < -0.3 is 4.74 Å². The second-order valence-electron chi connectivity index (χ2n) is 4.48. The van der Waals surface area contributed by atoms with E-state index < -0.39 is 14.0 Å². The smallest absolute Gasteiger partial charge is 0.331 e. The molecular weight excluding hydrogens is 196 g/mol. The van der Waals surface area contributed by atoms with Crippen molar-refractivity contribution in [3.8, 4) is 0 Å². The lowest BCUT2D eigenvalue weighted by atomic mass is 10.3. The molecule has 0 aliphatic heterocycles. The van der Waals surface area contributed by atoms with E-state index in [2.05, 4.69) is 19.6 Å². The van der Waals surface area contributed by atoms with Crippen LogP contribution in [0.2, 0.25) is 25.7 Å². The monoisotopic (exact) mass is 214 g/mol. The van der Waals surface area contributed by atoms with Gasteiger partial charge in [0.05, 0.1) is 6.61 Å². The maximum Gasteiger partial charge on any atom is 0.331 e. The Labute approximate surface area is 86.2 Å². The fraction of sp³-hybridized carbons (Fsp3) is 0.600. The quantitative estimate of drug-likeness (QED) is 0.304. The molecule has 80 valence electrons. The summed E-state index contributed by atoms with van der Waals surface area (Å²) in [7, 11) is -1.14. The zero-order chi connectivity index (χ0) is 11.2. The van der Waals surface area contributed by atoms with Gasteiger partial charge in [0.25, 0.3) is 0 Å². The maximum atomic E-state index is 11.1. The molecule has 4 heteroatoms. The first kappa shape index (κ1) is 13.1. The maximum absolute atomic E-state index is 11.1. The van der Waals surface area contributed by atoms with Gasteiger partial charge in [0.15, 0.2) is 0 Å². The molecule has 0 radical (unpaired) electrons. The van der Waals surface area contributed by atoms with Crippen molar-refractivity contribution in [1.29, 1.82) is 0 Å². The molecule has 0 fully saturated rings. The summed E-state index contributed by atoms with van der Waals surface area (Å²) >= 11 is 0. The summed E-state index contributed by atoms with van der Waals surface area (Å²) in [6.07, 6.45) is 1.86. The van der Waals surface area contributed by atoms with Gasteiger partial charge in [-0.25, -0.2) is 4.79 Å². The van der Waals surface area contributed by atoms with Crippen LogP contribution in [0.1, 0.15) is 6.92 Å². The number of carbonyl (C=O) groups is 2. The van der Waals surface area contributed by atoms with Crippen LogP contribution in [0.15, 0.2) is 11.6 Å². The lowest BCUT2D eigenvalue weighted by Gasteiger charge is -2.14. The van der Waals surface area contributed by atoms with Crippen molar-refractivity contribution in [2.45, 2.75) is 32.6 Å². The van der Waals surface area contributed by atoms with Crippen LogP contribution in [0.4, 0.5) is 0 Å². The topological polar surface area (TPSA) is 43.4 Å². The van der Waals surface area contributed by atoms with Crippen LogP contribution >= 0.6 is 0 Å². The van der Waals surface area contributed by atoms with Gasteiger partial charge in [-0.15, -0.1) is 0 Å². The lowest BCUT2D eigenvalue weighted by molar-refractivity contribution is -0.137. The van der Waals surface area contributed by atoms with Crippen molar-refractivity contribution in [2.75, 3.05) is 6.61 Å². The minimum absolute atomic E-state index is 0.392. The first-order valence-corrected chi connectivity index (χ1v) is 8.36. The summed E-state index contributed by atoms with van der Waals surface area (Å²) in [4.78, 5) is 21.3. The number of aldehydes is 1. The molecule has 0 aromatic rings. The Bertz CT molecular complexity index is 238. The molecule has 0 atom stereocenters. The van der Waals surface area contributed by atoms with Gasteiger partial charge in [0, 0.05) is 14.1 Å². The number of hydrogen-bond donors (Lipinski definition) is 0. The second-order valence-corrected chi connectivity index (χ2v) is 10.1. The highest BCUT2D eigenvalue weighted by Crippen LogP contribution is 2.07. The summed E-state index contributed by atoms with van der Waals surface area (Å²) in [5.41, 5.74) is 0.392. The molecule has 0 aromatic heterocycles. The van der Waals surface area contributed by atoms with Crippen molar-refractivity contribution >= 4 is 20.3 Å². The SMILES string of the molecule is C/C(C=O)=C\C(=O)OCC[Si](C)(C)C. The Morgan fingerprint density at radius 1 is 1.36 bits per heavy atom. The van der Waals surface area contributed by atoms with Gasteiger partial charge >= 0.3 is 5.97 Å². The standard InChI is InChI=1S/C10H18O3Si/c1-9(8-11)7-10(12)13-5-6-14(2,3)4/h7-8H,5-6H2,1-4H3/b9-7+. The first-order chi connectivity index (χ1) is 6.35. The molecule has 0 N–H and O–H groups in total. The van der Waals surface area contributed by atoms with E-state index in [1.54, 1.807) is 6.92 Å². The Balaban J connectivity index is 3.82. The van der Waals surface area contributed by atoms with Crippen molar-refractivity contribution in [3.05, 3.63) is 11.6 Å². The third-order valence-electron chi connectivity index (χ3n) is 1.63. The molecule has 0 unspecified atom stereocenters. The van der Waals surface area contributed by atoms with Gasteiger partial charge in [-0.05, 0) is 18.5 Å². The molecule has 0 aromatic carbocycles. The minimum atomic E-state index is -1.14. The fourth-order valence-electron chi connectivity index (χ4n) is 0.719. The van der Waals surface area contributed by atoms with E-state index in [1.165, 1.54) is 6.08 Å². The number of rotatable bonds is 5. The number of esters is 1. The van der Waals surface area contributed by atoms with Gasteiger partial charge in [0.2, 0.25) is 0 Å². The molecule has 14 heavy (non-hydrogen) atoms. The van der Waals surface area contributed by atoms with Crippen molar-refractivity contribution in [2.24, 2.45) is 0 Å². The van der Waals surface area contributed by atoms with Gasteiger partial charge in [0.1, 0.15) is 6.29 Å². The van der Waals surface area contributed by atoms with Crippen LogP contribution in [-0.4, -0.2) is 26.9 Å². The molecule has 3 nitrogen and oxygen atoms in total. The number of carbonyl (C=O) groups excluding carboxylic acids is 2. The average Bonchev–Trinajstić information content (AvgIpc) is 2.01. The summed E-state index contributed by atoms with van der Waals surface area (Å²) < 4.78 is 4.95. The Morgan fingerprint density at radius 2 is 1.93 bits per heavy atom. The van der Waals surface area contributed by atoms with E-state index in [1.807, 2.05) is 0 Å². The molecule has 0 saturated carbocycles. The normalized spacial score (nSPS) is 12.4. The second kappa shape index (κ2) is 5.75. The molecule has 0 aliphatic carbocycles. The first-order valence-electron chi connectivity index (χ1n) is 4.65. The number of allylic oxidation sites excluding steroid dienone is 1. The Kier molecular flexibility index (Phi) is 5.38. The Morgan fingerprint density at radius 3 is 2.36 bits per heavy atom. The predicted molar refractivity (Wildman–Crippen MR) is 58.9 cm³/mol. The molecular formula is C10H18O3Si. The summed E-state index contributed by atoms with van der Waals surface area (Å²) in [5.74, 6) is -0.423. The van der Waals surface area contributed by atoms with Crippen LogP contribution in [0.3, 0.4) is 0 Å². The zero-order valence-corrected chi connectivity index (χ0v) is 10.3. The van der Waals surface area contributed by atoms with E-state index in [0.717, 1.165) is 6.04 Å². The van der Waals surface area contributed by atoms with Gasteiger partial charge in [-0.1, -0.05) is 19.6 Å². The number of hydrogen-bond acceptors (Lipinski definition) is 3. The zero-order valence-electron chi connectivity index (χ0n) is 9.29. The van der Waals surface area contributed by atoms with Crippen molar-refractivity contribution in [3.63, 3.8) is 0 Å². The third-order valence-corrected chi connectivity index (χ3v) is 3.33. The molecule has 0 rings (SSSR count). The van der Waals surface area contributed by atoms with Crippen LogP contribution in [0.25, 0.3) is 0 Å². The molecule has 0 amide bonds. The fourth-order valence-corrected chi connectivity index (χ4v) is 1.43. The number of ether oxygens (including phenoxy) is 1. The van der Waals surface area contributed by atoms with Crippen LogP contribution in [0.5, 0.6) is 0 Å². The highest BCUT2D eigenvalue weighted by atomic mass is 28.3. The molecule has 0 bridgehead atoms. The van der Waals surface area contributed by atoms with E-state index in [4.69, 9.17) is 4.74 Å². The van der Waals surface area contributed by atoms with E-state index in [-0.39, 0.29) is 0 Å². The summed E-state index contributed by atoms with van der Waals surface area (Å²) in [6, 6.07) is 0.951. The Hall–Kier alpha value is -0.903. The van der Waals surface area contributed by atoms with E-state index >= 15 is 0 Å². The molecule has 0 saturated heterocycles. The van der Waals surface area contributed by atoms with E-state index in [0.29, 0.717) is 18.5 Å². The highest BCUT2D eigenvalue weighted by Gasteiger charge is 2.13. The highest BCUT2D eigenvalue weighted by molar-refractivity contribution is 6.76. The lowest BCUT2D eigenvalue weighted by Crippen LogP contribution is -2.22.